The summed E-state index contributed by atoms with van der Waals surface area (Å²) in [5, 5.41) is 3.69. The van der Waals surface area contributed by atoms with Crippen LogP contribution in [0.5, 0.6) is 0 Å². The number of rotatable bonds is 7. The van der Waals surface area contributed by atoms with Gasteiger partial charge in [0.15, 0.2) is 0 Å². The Hall–Kier alpha value is -2.93. The molecule has 198 valence electrons. The quantitative estimate of drug-likeness (QED) is 0.419. The van der Waals surface area contributed by atoms with Crippen molar-refractivity contribution in [3.8, 4) is 0 Å². The molecule has 1 amide bonds. The highest BCUT2D eigenvalue weighted by atomic mass is 32.1. The third-order valence-electron chi connectivity index (χ3n) is 7.05. The van der Waals surface area contributed by atoms with Gasteiger partial charge in [0.2, 0.25) is 0 Å². The highest BCUT2D eigenvalue weighted by Crippen LogP contribution is 2.33. The van der Waals surface area contributed by atoms with Gasteiger partial charge >= 0.3 is 0 Å². The zero-order valence-electron chi connectivity index (χ0n) is 21.2. The lowest BCUT2D eigenvalue weighted by Gasteiger charge is -2.27. The molecule has 37 heavy (non-hydrogen) atoms. The summed E-state index contributed by atoms with van der Waals surface area (Å²) in [4.78, 5) is 29.4. The molecule has 5 N–H and O–H groups in total. The number of hydrogen-bond acceptors (Lipinski definition) is 10. The summed E-state index contributed by atoms with van der Waals surface area (Å²) < 4.78 is 26.4. The molecule has 4 atom stereocenters. The van der Waals surface area contributed by atoms with Crippen molar-refractivity contribution in [3.05, 3.63) is 40.0 Å². The largest absolute Gasteiger partial charge is 0.397 e. The Labute approximate surface area is 218 Å². The average Bonchev–Trinajstić information content (AvgIpc) is 3.41. The number of pyridine rings is 1. The predicted molar refractivity (Wildman–Crippen MR) is 140 cm³/mol. The Morgan fingerprint density at radius 3 is 2.97 bits per heavy atom. The van der Waals surface area contributed by atoms with Crippen LogP contribution in [0.15, 0.2) is 12.3 Å². The smallest absolute Gasteiger partial charge is 0.263 e. The van der Waals surface area contributed by atoms with Gasteiger partial charge in [-0.3, -0.25) is 4.79 Å². The lowest BCUT2D eigenvalue weighted by molar-refractivity contribution is -0.0166. The number of aromatic nitrogens is 3. The van der Waals surface area contributed by atoms with Crippen molar-refractivity contribution in [2.75, 3.05) is 37.4 Å². The molecular weight excluding hydrogens is 497 g/mol. The minimum Gasteiger partial charge on any atom is -0.397 e. The van der Waals surface area contributed by atoms with E-state index >= 15 is 4.39 Å². The topological polar surface area (TPSA) is 142 Å². The van der Waals surface area contributed by atoms with Crippen LogP contribution in [-0.2, 0) is 22.3 Å². The van der Waals surface area contributed by atoms with E-state index in [0.29, 0.717) is 76.9 Å². The molecule has 0 spiro atoms. The molecule has 3 aromatic rings. The van der Waals surface area contributed by atoms with Gasteiger partial charge in [0, 0.05) is 49.8 Å². The fourth-order valence-electron chi connectivity index (χ4n) is 4.84. The highest BCUT2D eigenvalue weighted by Gasteiger charge is 2.34. The van der Waals surface area contributed by atoms with Crippen molar-refractivity contribution in [1.29, 1.82) is 0 Å². The van der Waals surface area contributed by atoms with Crippen molar-refractivity contribution >= 4 is 39.0 Å². The molecule has 4 heterocycles. The third kappa shape index (κ3) is 5.24. The standard InChI is InChI=1S/C25H32FN7O3S/c1-12(35-3)11-36-20-10-33(9-18(20)27)21-7-17(26)15-6-14(4-5-19(15)32-21)31-24(34)23-22(28)16-8-29-13(2)30-25(16)37-23/h7-8,12,14,18,20H,4-6,9-11,27-28H2,1-3H3,(H,31,34). The van der Waals surface area contributed by atoms with Crippen LogP contribution in [0.4, 0.5) is 15.9 Å². The van der Waals surface area contributed by atoms with Crippen molar-refractivity contribution < 1.29 is 18.7 Å². The molecule has 10 nitrogen and oxygen atoms in total. The molecule has 12 heteroatoms. The SMILES string of the molecule is COC(C)COC1CN(c2cc(F)c3c(n2)CCC(NC(=O)c2sc4nc(C)ncc4c2N)C3)CC1N. The van der Waals surface area contributed by atoms with Crippen molar-refractivity contribution in [1.82, 2.24) is 20.3 Å². The van der Waals surface area contributed by atoms with Crippen molar-refractivity contribution in [3.63, 3.8) is 0 Å². The number of fused-ring (bicyclic) bond motifs is 2. The number of methoxy groups -OCH3 is 1. The number of aryl methyl sites for hydroxylation is 2. The molecule has 0 aromatic carbocycles. The molecule has 0 radical (unpaired) electrons. The van der Waals surface area contributed by atoms with Crippen LogP contribution in [0.2, 0.25) is 0 Å². The van der Waals surface area contributed by atoms with Gasteiger partial charge in [-0.15, -0.1) is 11.3 Å². The molecule has 1 saturated heterocycles. The average molecular weight is 530 g/mol. The number of nitrogen functional groups attached to an aromatic ring is 1. The van der Waals surface area contributed by atoms with E-state index in [4.69, 9.17) is 25.9 Å². The Morgan fingerprint density at radius 2 is 2.19 bits per heavy atom. The number of anilines is 2. The first-order chi connectivity index (χ1) is 17.7. The van der Waals surface area contributed by atoms with Crippen LogP contribution in [0.3, 0.4) is 0 Å². The van der Waals surface area contributed by atoms with Crippen LogP contribution < -0.4 is 21.7 Å². The van der Waals surface area contributed by atoms with E-state index in [1.807, 2.05) is 11.8 Å². The van der Waals surface area contributed by atoms with Crippen LogP contribution in [0, 0.1) is 12.7 Å². The Balaban J connectivity index is 1.26. The molecule has 2 aliphatic rings. The Morgan fingerprint density at radius 1 is 1.38 bits per heavy atom. The number of halogens is 1. The minimum absolute atomic E-state index is 0.0258. The number of nitrogens with two attached hydrogens (primary N) is 2. The second kappa shape index (κ2) is 10.4. The van der Waals surface area contributed by atoms with E-state index in [2.05, 4.69) is 15.3 Å². The van der Waals surface area contributed by atoms with Gasteiger partial charge in [0.1, 0.15) is 27.2 Å². The predicted octanol–water partition coefficient (Wildman–Crippen LogP) is 1.97. The molecule has 1 aliphatic carbocycles. The van der Waals surface area contributed by atoms with Crippen LogP contribution in [0.25, 0.3) is 10.2 Å². The van der Waals surface area contributed by atoms with Gasteiger partial charge < -0.3 is 31.2 Å². The second-order valence-electron chi connectivity index (χ2n) is 9.77. The molecule has 3 aromatic heterocycles. The van der Waals surface area contributed by atoms with Gasteiger partial charge in [0.05, 0.1) is 35.9 Å². The molecule has 1 fully saturated rings. The summed E-state index contributed by atoms with van der Waals surface area (Å²) in [5.41, 5.74) is 14.1. The van der Waals surface area contributed by atoms with Crippen molar-refractivity contribution in [2.24, 2.45) is 5.73 Å². The summed E-state index contributed by atoms with van der Waals surface area (Å²) >= 11 is 1.24. The number of ether oxygens (including phenoxy) is 2. The maximum atomic E-state index is 15.3. The normalized spacial score (nSPS) is 22.3. The number of hydrogen-bond donors (Lipinski definition) is 3. The first-order valence-electron chi connectivity index (χ1n) is 12.4. The van der Waals surface area contributed by atoms with E-state index in [1.165, 1.54) is 17.4 Å². The third-order valence-corrected chi connectivity index (χ3v) is 8.17. The maximum absolute atomic E-state index is 15.3. The molecule has 5 rings (SSSR count). The van der Waals surface area contributed by atoms with E-state index < -0.39 is 0 Å². The van der Waals surface area contributed by atoms with Gasteiger partial charge in [-0.05, 0) is 33.1 Å². The van der Waals surface area contributed by atoms with Crippen LogP contribution in [-0.4, -0.2) is 72.0 Å². The molecule has 1 aliphatic heterocycles. The zero-order chi connectivity index (χ0) is 26.3. The summed E-state index contributed by atoms with van der Waals surface area (Å²) in [6.45, 7) is 5.25. The lowest BCUT2D eigenvalue weighted by Crippen LogP contribution is -2.39. The van der Waals surface area contributed by atoms with Gasteiger partial charge in [-0.1, -0.05) is 0 Å². The fraction of sp³-hybridized carbons (Fsp3) is 0.520. The van der Waals surface area contributed by atoms with Gasteiger partial charge in [0.25, 0.3) is 5.91 Å². The van der Waals surface area contributed by atoms with E-state index in [1.54, 1.807) is 20.2 Å². The zero-order valence-corrected chi connectivity index (χ0v) is 22.0. The fourth-order valence-corrected chi connectivity index (χ4v) is 5.85. The van der Waals surface area contributed by atoms with Crippen LogP contribution in [0.1, 0.15) is 40.1 Å². The monoisotopic (exact) mass is 529 g/mol. The highest BCUT2D eigenvalue weighted by molar-refractivity contribution is 7.21. The summed E-state index contributed by atoms with van der Waals surface area (Å²) in [5.74, 6) is 0.578. The van der Waals surface area contributed by atoms with E-state index in [9.17, 15) is 4.79 Å². The summed E-state index contributed by atoms with van der Waals surface area (Å²) in [7, 11) is 1.64. The van der Waals surface area contributed by atoms with Crippen LogP contribution >= 0.6 is 11.3 Å². The molecule has 0 bridgehead atoms. The summed E-state index contributed by atoms with van der Waals surface area (Å²) in [6, 6.07) is 1.04. The lowest BCUT2D eigenvalue weighted by atomic mass is 9.91. The maximum Gasteiger partial charge on any atom is 0.263 e. The van der Waals surface area contributed by atoms with E-state index in [0.717, 1.165) is 5.69 Å². The number of carbonyl (C=O) groups is 1. The first-order valence-corrected chi connectivity index (χ1v) is 13.2. The van der Waals surface area contributed by atoms with Crippen molar-refractivity contribution in [2.45, 2.75) is 57.4 Å². The Kier molecular flexibility index (Phi) is 7.26. The molecular formula is C25H32FN7O3S. The number of thiophene rings is 1. The number of carbonyl (C=O) groups excluding carboxylic acids is 1. The first kappa shape index (κ1) is 25.7. The van der Waals surface area contributed by atoms with Gasteiger partial charge in [-0.2, -0.15) is 0 Å². The molecule has 4 unspecified atom stereocenters. The molecule has 0 saturated carbocycles. The second-order valence-corrected chi connectivity index (χ2v) is 10.8. The number of nitrogens with zero attached hydrogens (tertiary/aromatic N) is 4. The number of amides is 1. The summed E-state index contributed by atoms with van der Waals surface area (Å²) in [6.07, 6.45) is 3.01. The van der Waals surface area contributed by atoms with E-state index in [-0.39, 0.29) is 36.0 Å². The number of nitrogens with one attached hydrogen (secondary N) is 1. The Bertz CT molecular complexity index is 1320. The minimum atomic E-state index is -0.322. The van der Waals surface area contributed by atoms with Gasteiger partial charge in [-0.25, -0.2) is 19.3 Å².